The van der Waals surface area contributed by atoms with Crippen LogP contribution in [0.5, 0.6) is 0 Å². The Morgan fingerprint density at radius 1 is 1.00 bits per heavy atom. The molecule has 0 aliphatic rings. The van der Waals surface area contributed by atoms with Crippen LogP contribution in [0.2, 0.25) is 0 Å². The highest BCUT2D eigenvalue weighted by atomic mass is 32.1. The van der Waals surface area contributed by atoms with Crippen LogP contribution in [-0.2, 0) is 5.41 Å². The Balaban J connectivity index is 1.94. The standard InChI is InChI=1S/C25H33N3OS/c1-7-27(8-2)15-16-28(24-26-21-14-9-18(3)17-22(21)30-24)23(29)19-10-12-20(13-11-19)25(4,5)6/h9-14,17H,7-8,15-16H2,1-6H3. The molecule has 0 spiro atoms. The Morgan fingerprint density at radius 3 is 2.27 bits per heavy atom. The van der Waals surface area contributed by atoms with Gasteiger partial charge in [0.1, 0.15) is 0 Å². The van der Waals surface area contributed by atoms with Crippen LogP contribution in [0.1, 0.15) is 56.1 Å². The molecule has 0 aliphatic heterocycles. The van der Waals surface area contributed by atoms with Gasteiger partial charge in [0.25, 0.3) is 5.91 Å². The highest BCUT2D eigenvalue weighted by molar-refractivity contribution is 7.22. The van der Waals surface area contributed by atoms with Gasteiger partial charge in [-0.15, -0.1) is 0 Å². The molecule has 30 heavy (non-hydrogen) atoms. The minimum atomic E-state index is 0.0124. The van der Waals surface area contributed by atoms with Crippen molar-refractivity contribution in [2.45, 2.75) is 47.0 Å². The molecule has 1 amide bonds. The topological polar surface area (TPSA) is 36.4 Å². The first-order chi connectivity index (χ1) is 14.2. The summed E-state index contributed by atoms with van der Waals surface area (Å²) < 4.78 is 1.12. The number of likely N-dealkylation sites (N-methyl/N-ethyl adjacent to an activating group) is 1. The Kier molecular flexibility index (Phi) is 6.94. The van der Waals surface area contributed by atoms with Gasteiger partial charge in [-0.1, -0.05) is 64.2 Å². The molecule has 1 aromatic heterocycles. The normalized spacial score (nSPS) is 12.0. The lowest BCUT2D eigenvalue weighted by atomic mass is 9.86. The van der Waals surface area contributed by atoms with Crippen LogP contribution in [0.4, 0.5) is 5.13 Å². The van der Waals surface area contributed by atoms with Crippen molar-refractivity contribution in [1.29, 1.82) is 0 Å². The maximum absolute atomic E-state index is 13.5. The van der Waals surface area contributed by atoms with Crippen molar-refractivity contribution in [3.8, 4) is 0 Å². The fourth-order valence-corrected chi connectivity index (χ4v) is 4.56. The molecule has 1 heterocycles. The van der Waals surface area contributed by atoms with E-state index in [4.69, 9.17) is 4.98 Å². The van der Waals surface area contributed by atoms with Crippen LogP contribution in [0, 0.1) is 6.92 Å². The molecule has 0 saturated heterocycles. The maximum atomic E-state index is 13.5. The average molecular weight is 424 g/mol. The highest BCUT2D eigenvalue weighted by Gasteiger charge is 2.23. The third-order valence-corrected chi connectivity index (χ3v) is 6.58. The fraction of sp³-hybridized carbons (Fsp3) is 0.440. The molecule has 0 saturated carbocycles. The van der Waals surface area contributed by atoms with Crippen LogP contribution in [0.25, 0.3) is 10.2 Å². The van der Waals surface area contributed by atoms with E-state index in [-0.39, 0.29) is 11.3 Å². The second kappa shape index (κ2) is 9.27. The number of fused-ring (bicyclic) bond motifs is 1. The molecule has 0 aliphatic carbocycles. The number of hydrogen-bond donors (Lipinski definition) is 0. The SMILES string of the molecule is CCN(CC)CCN(C(=O)c1ccc(C(C)(C)C)cc1)c1nc2ccc(C)cc2s1. The minimum absolute atomic E-state index is 0.0124. The molecule has 3 aromatic rings. The predicted octanol–water partition coefficient (Wildman–Crippen LogP) is 5.89. The number of amides is 1. The lowest BCUT2D eigenvalue weighted by molar-refractivity contribution is 0.0983. The number of hydrogen-bond acceptors (Lipinski definition) is 4. The molecule has 0 fully saturated rings. The molecule has 5 heteroatoms. The first-order valence-corrected chi connectivity index (χ1v) is 11.6. The van der Waals surface area contributed by atoms with E-state index in [9.17, 15) is 4.79 Å². The second-order valence-electron chi connectivity index (χ2n) is 8.78. The Hall–Kier alpha value is -2.24. The summed E-state index contributed by atoms with van der Waals surface area (Å²) in [6.45, 7) is 16.3. The van der Waals surface area contributed by atoms with E-state index in [1.165, 1.54) is 11.1 Å². The number of benzene rings is 2. The number of aromatic nitrogens is 1. The summed E-state index contributed by atoms with van der Waals surface area (Å²) in [5, 5.41) is 0.771. The molecule has 0 atom stereocenters. The number of carbonyl (C=O) groups excluding carboxylic acids is 1. The lowest BCUT2D eigenvalue weighted by Crippen LogP contribution is -2.38. The minimum Gasteiger partial charge on any atom is -0.302 e. The van der Waals surface area contributed by atoms with Gasteiger partial charge in [0.2, 0.25) is 0 Å². The quantitative estimate of drug-likeness (QED) is 0.475. The van der Waals surface area contributed by atoms with Crippen molar-refractivity contribution in [3.05, 3.63) is 59.2 Å². The molecular weight excluding hydrogens is 390 g/mol. The first kappa shape index (κ1) is 22.4. The lowest BCUT2D eigenvalue weighted by Gasteiger charge is -2.25. The smallest absolute Gasteiger partial charge is 0.260 e. The predicted molar refractivity (Wildman–Crippen MR) is 129 cm³/mol. The summed E-state index contributed by atoms with van der Waals surface area (Å²) >= 11 is 1.59. The first-order valence-electron chi connectivity index (χ1n) is 10.7. The average Bonchev–Trinajstić information content (AvgIpc) is 3.13. The van der Waals surface area contributed by atoms with Gasteiger partial charge in [-0.25, -0.2) is 4.98 Å². The van der Waals surface area contributed by atoms with Crippen molar-refractivity contribution < 1.29 is 4.79 Å². The third-order valence-electron chi connectivity index (χ3n) is 5.54. The van der Waals surface area contributed by atoms with E-state index >= 15 is 0 Å². The van der Waals surface area contributed by atoms with E-state index in [0.29, 0.717) is 12.1 Å². The summed E-state index contributed by atoms with van der Waals surface area (Å²) in [5.74, 6) is 0.0124. The van der Waals surface area contributed by atoms with Crippen LogP contribution >= 0.6 is 11.3 Å². The van der Waals surface area contributed by atoms with E-state index in [0.717, 1.165) is 35.0 Å². The van der Waals surface area contributed by atoms with Gasteiger partial charge < -0.3 is 4.90 Å². The number of nitrogens with zero attached hydrogens (tertiary/aromatic N) is 3. The summed E-state index contributed by atoms with van der Waals surface area (Å²) in [6, 6.07) is 14.3. The highest BCUT2D eigenvalue weighted by Crippen LogP contribution is 2.31. The molecule has 0 radical (unpaired) electrons. The van der Waals surface area contributed by atoms with E-state index in [2.05, 4.69) is 70.7 Å². The fourth-order valence-electron chi connectivity index (χ4n) is 3.47. The Bertz CT molecular complexity index is 997. The number of carbonyl (C=O) groups is 1. The van der Waals surface area contributed by atoms with E-state index < -0.39 is 0 Å². The largest absolute Gasteiger partial charge is 0.302 e. The van der Waals surface area contributed by atoms with Gasteiger partial charge in [-0.3, -0.25) is 9.69 Å². The van der Waals surface area contributed by atoms with Crippen molar-refractivity contribution >= 4 is 32.6 Å². The summed E-state index contributed by atoms with van der Waals surface area (Å²) in [6.07, 6.45) is 0. The second-order valence-corrected chi connectivity index (χ2v) is 9.79. The van der Waals surface area contributed by atoms with Crippen LogP contribution < -0.4 is 4.90 Å². The van der Waals surface area contributed by atoms with Gasteiger partial charge >= 0.3 is 0 Å². The van der Waals surface area contributed by atoms with E-state index in [1.807, 2.05) is 23.1 Å². The monoisotopic (exact) mass is 423 g/mol. The van der Waals surface area contributed by atoms with Crippen LogP contribution in [-0.4, -0.2) is 42.0 Å². The number of anilines is 1. The van der Waals surface area contributed by atoms with Crippen molar-refractivity contribution in [2.75, 3.05) is 31.1 Å². The van der Waals surface area contributed by atoms with Gasteiger partial charge in [-0.2, -0.15) is 0 Å². The Morgan fingerprint density at radius 2 is 1.67 bits per heavy atom. The molecule has 0 bridgehead atoms. The number of thiazole rings is 1. The summed E-state index contributed by atoms with van der Waals surface area (Å²) in [7, 11) is 0. The molecule has 0 unspecified atom stereocenters. The van der Waals surface area contributed by atoms with Gasteiger partial charge in [0.15, 0.2) is 5.13 Å². The third kappa shape index (κ3) is 5.08. The van der Waals surface area contributed by atoms with E-state index in [1.54, 1.807) is 11.3 Å². The number of rotatable bonds is 7. The van der Waals surface area contributed by atoms with Crippen molar-refractivity contribution in [1.82, 2.24) is 9.88 Å². The molecule has 4 nitrogen and oxygen atoms in total. The van der Waals surface area contributed by atoms with Gasteiger partial charge in [-0.05, 0) is 60.8 Å². The van der Waals surface area contributed by atoms with Crippen molar-refractivity contribution in [3.63, 3.8) is 0 Å². The molecule has 0 N–H and O–H groups in total. The summed E-state index contributed by atoms with van der Waals surface area (Å²) in [4.78, 5) is 22.5. The Labute approximate surface area is 184 Å². The molecule has 3 rings (SSSR count). The zero-order chi connectivity index (χ0) is 21.9. The zero-order valence-corrected chi connectivity index (χ0v) is 19.8. The van der Waals surface area contributed by atoms with Gasteiger partial charge in [0, 0.05) is 18.7 Å². The van der Waals surface area contributed by atoms with Crippen LogP contribution in [0.3, 0.4) is 0 Å². The molecule has 160 valence electrons. The summed E-state index contributed by atoms with van der Waals surface area (Å²) in [5.41, 5.74) is 4.15. The zero-order valence-electron chi connectivity index (χ0n) is 19.0. The van der Waals surface area contributed by atoms with Crippen LogP contribution in [0.15, 0.2) is 42.5 Å². The van der Waals surface area contributed by atoms with Gasteiger partial charge in [0.05, 0.1) is 10.2 Å². The maximum Gasteiger partial charge on any atom is 0.260 e. The molecular formula is C25H33N3OS. The van der Waals surface area contributed by atoms with Crippen molar-refractivity contribution in [2.24, 2.45) is 0 Å². The molecule has 2 aromatic carbocycles. The number of aryl methyl sites for hydroxylation is 1.